The minimum Gasteiger partial charge on any atom is -0.207 e. The van der Waals surface area contributed by atoms with Crippen molar-refractivity contribution in [3.8, 4) is 0 Å². The van der Waals surface area contributed by atoms with Crippen LogP contribution >= 0.6 is 11.6 Å². The van der Waals surface area contributed by atoms with Gasteiger partial charge in [0.2, 0.25) is 0 Å². The van der Waals surface area contributed by atoms with E-state index >= 15 is 0 Å². The average Bonchev–Trinajstić information content (AvgIpc) is 2.89. The zero-order chi connectivity index (χ0) is 11.3. The van der Waals surface area contributed by atoms with Crippen LogP contribution in [0.4, 0.5) is 4.39 Å². The number of hydrogen-bond acceptors (Lipinski definition) is 0. The quantitative estimate of drug-likeness (QED) is 0.668. The van der Waals surface area contributed by atoms with Gasteiger partial charge in [-0.15, -0.1) is 11.6 Å². The molecule has 2 aliphatic carbocycles. The highest BCUT2D eigenvalue weighted by Crippen LogP contribution is 2.58. The van der Waals surface area contributed by atoms with Gasteiger partial charge in [0.15, 0.2) is 0 Å². The Morgan fingerprint density at radius 3 is 2.56 bits per heavy atom. The van der Waals surface area contributed by atoms with Gasteiger partial charge in [0.25, 0.3) is 0 Å². The number of benzene rings is 1. The molecule has 86 valence electrons. The number of fused-ring (bicyclic) bond motifs is 1. The number of hydrogen-bond donors (Lipinski definition) is 0. The maximum absolute atomic E-state index is 13.2. The largest absolute Gasteiger partial charge is 0.207 e. The van der Waals surface area contributed by atoms with Crippen LogP contribution in [0.25, 0.3) is 0 Å². The molecule has 2 saturated carbocycles. The Morgan fingerprint density at radius 2 is 1.94 bits per heavy atom. The lowest BCUT2D eigenvalue weighted by Gasteiger charge is -2.19. The predicted octanol–water partition coefficient (Wildman–Crippen LogP) is 4.46. The average molecular weight is 239 g/mol. The Bertz CT molecular complexity index is 405. The van der Waals surface area contributed by atoms with Crippen LogP contribution in [0, 0.1) is 30.5 Å². The minimum absolute atomic E-state index is 0.0760. The Morgan fingerprint density at radius 1 is 1.25 bits per heavy atom. The molecule has 0 N–H and O–H groups in total. The van der Waals surface area contributed by atoms with Gasteiger partial charge in [-0.25, -0.2) is 4.39 Å². The summed E-state index contributed by atoms with van der Waals surface area (Å²) in [5.74, 6) is 2.37. The molecule has 16 heavy (non-hydrogen) atoms. The first kappa shape index (κ1) is 10.6. The molecule has 1 aromatic carbocycles. The molecule has 2 fully saturated rings. The van der Waals surface area contributed by atoms with E-state index in [9.17, 15) is 4.39 Å². The van der Waals surface area contributed by atoms with Crippen LogP contribution < -0.4 is 0 Å². The van der Waals surface area contributed by atoms with Crippen molar-refractivity contribution >= 4 is 11.6 Å². The maximum Gasteiger partial charge on any atom is 0.126 e. The normalized spacial score (nSPS) is 33.6. The minimum atomic E-state index is -0.137. The third-order valence-electron chi connectivity index (χ3n) is 4.19. The summed E-state index contributed by atoms with van der Waals surface area (Å²) in [6.45, 7) is 1.80. The van der Waals surface area contributed by atoms with Crippen molar-refractivity contribution in [1.29, 1.82) is 0 Å². The molecule has 1 aromatic rings. The lowest BCUT2D eigenvalue weighted by molar-refractivity contribution is 0.471. The summed E-state index contributed by atoms with van der Waals surface area (Å²) in [5.41, 5.74) is 1.79. The molecule has 0 spiro atoms. The fraction of sp³-hybridized carbons (Fsp3) is 0.571. The molecule has 0 amide bonds. The molecular weight excluding hydrogens is 223 g/mol. The van der Waals surface area contributed by atoms with Crippen molar-refractivity contribution in [3.05, 3.63) is 35.1 Å². The van der Waals surface area contributed by atoms with Crippen LogP contribution in [0.5, 0.6) is 0 Å². The summed E-state index contributed by atoms with van der Waals surface area (Å²) in [6, 6.07) is 5.27. The SMILES string of the molecule is Cc1cc(C(Cl)C2CC3CC3C2)ccc1F. The number of rotatable bonds is 2. The van der Waals surface area contributed by atoms with Gasteiger partial charge in [-0.3, -0.25) is 0 Å². The van der Waals surface area contributed by atoms with E-state index in [-0.39, 0.29) is 11.2 Å². The summed E-state index contributed by atoms with van der Waals surface area (Å²) in [6.07, 6.45) is 3.97. The van der Waals surface area contributed by atoms with Crippen LogP contribution in [-0.2, 0) is 0 Å². The van der Waals surface area contributed by atoms with Crippen LogP contribution in [0.3, 0.4) is 0 Å². The topological polar surface area (TPSA) is 0 Å². The molecule has 0 nitrogen and oxygen atoms in total. The lowest BCUT2D eigenvalue weighted by atomic mass is 9.93. The van der Waals surface area contributed by atoms with Crippen molar-refractivity contribution in [2.24, 2.45) is 17.8 Å². The fourth-order valence-electron chi connectivity index (χ4n) is 3.11. The molecule has 2 heteroatoms. The monoisotopic (exact) mass is 238 g/mol. The van der Waals surface area contributed by atoms with Crippen LogP contribution in [0.15, 0.2) is 18.2 Å². The third kappa shape index (κ3) is 1.75. The molecule has 0 bridgehead atoms. The van der Waals surface area contributed by atoms with Crippen LogP contribution in [0.1, 0.15) is 35.8 Å². The van der Waals surface area contributed by atoms with E-state index in [0.717, 1.165) is 17.4 Å². The molecule has 3 atom stereocenters. The van der Waals surface area contributed by atoms with Gasteiger partial charge in [0.05, 0.1) is 5.38 Å². The second-order valence-corrected chi connectivity index (χ2v) is 5.87. The van der Waals surface area contributed by atoms with Crippen LogP contribution in [-0.4, -0.2) is 0 Å². The predicted molar refractivity (Wildman–Crippen MR) is 64.1 cm³/mol. The highest BCUT2D eigenvalue weighted by molar-refractivity contribution is 6.21. The van der Waals surface area contributed by atoms with Gasteiger partial charge in [-0.2, -0.15) is 0 Å². The highest BCUT2D eigenvalue weighted by atomic mass is 35.5. The maximum atomic E-state index is 13.2. The first-order valence-electron chi connectivity index (χ1n) is 6.05. The number of halogens is 2. The highest BCUT2D eigenvalue weighted by Gasteiger charge is 2.47. The van der Waals surface area contributed by atoms with Gasteiger partial charge in [-0.1, -0.05) is 12.1 Å². The summed E-state index contributed by atoms with van der Waals surface area (Å²) < 4.78 is 13.2. The molecule has 0 heterocycles. The van der Waals surface area contributed by atoms with Gasteiger partial charge >= 0.3 is 0 Å². The molecule has 3 unspecified atom stereocenters. The summed E-state index contributed by atoms with van der Waals surface area (Å²) in [4.78, 5) is 0. The molecule has 0 radical (unpaired) electrons. The van der Waals surface area contributed by atoms with E-state index in [0.29, 0.717) is 11.5 Å². The van der Waals surface area contributed by atoms with Gasteiger partial charge in [0.1, 0.15) is 5.82 Å². The third-order valence-corrected chi connectivity index (χ3v) is 4.80. The van der Waals surface area contributed by atoms with E-state index < -0.39 is 0 Å². The lowest BCUT2D eigenvalue weighted by Crippen LogP contribution is -2.06. The van der Waals surface area contributed by atoms with Crippen molar-refractivity contribution in [2.45, 2.75) is 31.6 Å². The molecule has 0 saturated heterocycles. The first-order valence-corrected chi connectivity index (χ1v) is 6.49. The first-order chi connectivity index (χ1) is 7.65. The van der Waals surface area contributed by atoms with E-state index in [1.165, 1.54) is 25.3 Å². The smallest absolute Gasteiger partial charge is 0.126 e. The second-order valence-electron chi connectivity index (χ2n) is 5.40. The van der Waals surface area contributed by atoms with E-state index in [1.807, 2.05) is 12.1 Å². The summed E-state index contributed by atoms with van der Waals surface area (Å²) in [5, 5.41) is 0.0760. The van der Waals surface area contributed by atoms with E-state index in [1.54, 1.807) is 6.92 Å². The molecule has 0 aliphatic heterocycles. The van der Waals surface area contributed by atoms with Crippen molar-refractivity contribution < 1.29 is 4.39 Å². The van der Waals surface area contributed by atoms with Crippen molar-refractivity contribution in [3.63, 3.8) is 0 Å². The zero-order valence-corrected chi connectivity index (χ0v) is 10.2. The molecule has 2 aliphatic rings. The van der Waals surface area contributed by atoms with Gasteiger partial charge < -0.3 is 0 Å². The Balaban J connectivity index is 1.77. The Kier molecular flexibility index (Phi) is 2.47. The van der Waals surface area contributed by atoms with Crippen molar-refractivity contribution in [1.82, 2.24) is 0 Å². The van der Waals surface area contributed by atoms with Crippen molar-refractivity contribution in [2.75, 3.05) is 0 Å². The van der Waals surface area contributed by atoms with E-state index in [4.69, 9.17) is 11.6 Å². The Labute approximate surface area is 101 Å². The number of alkyl halides is 1. The summed E-state index contributed by atoms with van der Waals surface area (Å²) in [7, 11) is 0. The summed E-state index contributed by atoms with van der Waals surface area (Å²) >= 11 is 6.50. The molecule has 3 rings (SSSR count). The molecule has 0 aromatic heterocycles. The van der Waals surface area contributed by atoms with Gasteiger partial charge in [-0.05, 0) is 61.1 Å². The van der Waals surface area contributed by atoms with Gasteiger partial charge in [0, 0.05) is 0 Å². The zero-order valence-electron chi connectivity index (χ0n) is 9.42. The molecular formula is C14H16ClF. The number of aryl methyl sites for hydroxylation is 1. The van der Waals surface area contributed by atoms with E-state index in [2.05, 4.69) is 0 Å². The fourth-order valence-corrected chi connectivity index (χ4v) is 3.45. The Hall–Kier alpha value is -0.560. The standard InChI is InChI=1S/C14H16ClF/c1-8-4-9(2-3-13(8)16)14(15)12-6-10-5-11(10)7-12/h2-4,10-12,14H,5-7H2,1H3. The van der Waals surface area contributed by atoms with Crippen LogP contribution in [0.2, 0.25) is 0 Å². The second kappa shape index (κ2) is 3.73.